The fraction of sp³-hybridized carbons (Fsp3) is 0.778. The van der Waals surface area contributed by atoms with Gasteiger partial charge in [0.1, 0.15) is 0 Å². The van der Waals surface area contributed by atoms with Gasteiger partial charge in [-0.1, -0.05) is 20.3 Å². The summed E-state index contributed by atoms with van der Waals surface area (Å²) in [7, 11) is 0. The lowest BCUT2D eigenvalue weighted by Gasteiger charge is -2.48. The molecular formula is C18H32N2S. The molecule has 21 heavy (non-hydrogen) atoms. The van der Waals surface area contributed by atoms with E-state index in [1.165, 1.54) is 57.2 Å². The van der Waals surface area contributed by atoms with E-state index in [1.54, 1.807) is 0 Å². The summed E-state index contributed by atoms with van der Waals surface area (Å²) in [4.78, 5) is 2.76. The summed E-state index contributed by atoms with van der Waals surface area (Å²) in [5.41, 5.74) is 1.80. The van der Waals surface area contributed by atoms with Crippen LogP contribution in [-0.4, -0.2) is 36.1 Å². The lowest BCUT2D eigenvalue weighted by Crippen LogP contribution is -2.60. The van der Waals surface area contributed by atoms with Crippen LogP contribution in [0.3, 0.4) is 0 Å². The van der Waals surface area contributed by atoms with E-state index in [2.05, 4.69) is 47.8 Å². The van der Waals surface area contributed by atoms with Crippen molar-refractivity contribution in [3.8, 4) is 0 Å². The molecule has 0 bridgehead atoms. The van der Waals surface area contributed by atoms with Crippen LogP contribution >= 0.6 is 11.3 Å². The number of nitrogens with zero attached hydrogens (tertiary/aromatic N) is 1. The largest absolute Gasteiger partial charge is 0.312 e. The molecule has 0 spiro atoms. The number of piperidine rings is 1. The SMILES string of the molecule is CCNC(CCc1ccsc1)C(C)(CC)N1CCCCC1. The van der Waals surface area contributed by atoms with Crippen molar-refractivity contribution in [1.82, 2.24) is 10.2 Å². The maximum absolute atomic E-state index is 3.80. The summed E-state index contributed by atoms with van der Waals surface area (Å²) >= 11 is 1.82. The molecule has 1 aromatic heterocycles. The zero-order chi connectivity index (χ0) is 15.1. The van der Waals surface area contributed by atoms with Crippen LogP contribution in [0.15, 0.2) is 16.8 Å². The normalized spacial score (nSPS) is 21.1. The monoisotopic (exact) mass is 308 g/mol. The molecule has 1 aliphatic rings. The minimum atomic E-state index is 0.298. The van der Waals surface area contributed by atoms with E-state index >= 15 is 0 Å². The molecule has 1 aliphatic heterocycles. The smallest absolute Gasteiger partial charge is 0.0331 e. The molecule has 0 aliphatic carbocycles. The Bertz CT molecular complexity index is 384. The third-order valence-corrected chi connectivity index (χ3v) is 6.03. The predicted octanol–water partition coefficient (Wildman–Crippen LogP) is 4.31. The number of thiophene rings is 1. The van der Waals surface area contributed by atoms with Crippen molar-refractivity contribution in [2.24, 2.45) is 0 Å². The molecule has 2 nitrogen and oxygen atoms in total. The minimum Gasteiger partial charge on any atom is -0.312 e. The Kier molecular flexibility index (Phi) is 6.72. The standard InChI is InChI=1S/C18H32N2S/c1-4-18(3,20-12-7-6-8-13-20)17(19-5-2)10-9-16-11-14-21-15-16/h11,14-15,17,19H,4-10,12-13H2,1-3H3. The summed E-state index contributed by atoms with van der Waals surface area (Å²) in [5.74, 6) is 0. The van der Waals surface area contributed by atoms with Gasteiger partial charge in [0, 0.05) is 11.6 Å². The molecule has 2 atom stereocenters. The molecule has 0 saturated carbocycles. The Labute approximate surface area is 134 Å². The average Bonchev–Trinajstić information content (AvgIpc) is 3.05. The first-order valence-corrected chi connectivity index (χ1v) is 9.64. The summed E-state index contributed by atoms with van der Waals surface area (Å²) in [6, 6.07) is 2.86. The van der Waals surface area contributed by atoms with Gasteiger partial charge >= 0.3 is 0 Å². The van der Waals surface area contributed by atoms with Gasteiger partial charge in [-0.2, -0.15) is 11.3 Å². The number of likely N-dealkylation sites (tertiary alicyclic amines) is 1. The second-order valence-corrected chi connectivity index (χ2v) is 7.32. The van der Waals surface area contributed by atoms with E-state index in [4.69, 9.17) is 0 Å². The van der Waals surface area contributed by atoms with Crippen LogP contribution in [0.1, 0.15) is 58.4 Å². The first kappa shape index (κ1) is 17.0. The number of aryl methyl sites for hydroxylation is 1. The van der Waals surface area contributed by atoms with Crippen LogP contribution in [0, 0.1) is 0 Å². The molecule has 1 saturated heterocycles. The maximum atomic E-state index is 3.80. The van der Waals surface area contributed by atoms with Crippen molar-refractivity contribution in [3.63, 3.8) is 0 Å². The topological polar surface area (TPSA) is 15.3 Å². The first-order chi connectivity index (χ1) is 10.2. The van der Waals surface area contributed by atoms with E-state index < -0.39 is 0 Å². The van der Waals surface area contributed by atoms with Gasteiger partial charge < -0.3 is 5.32 Å². The molecule has 1 aromatic rings. The Morgan fingerprint density at radius 3 is 2.62 bits per heavy atom. The Morgan fingerprint density at radius 2 is 2.05 bits per heavy atom. The van der Waals surface area contributed by atoms with Crippen LogP contribution in [-0.2, 0) is 6.42 Å². The number of nitrogens with one attached hydrogen (secondary N) is 1. The highest BCUT2D eigenvalue weighted by Gasteiger charge is 2.37. The molecule has 2 heterocycles. The van der Waals surface area contributed by atoms with Crippen LogP contribution in [0.25, 0.3) is 0 Å². The molecule has 3 heteroatoms. The fourth-order valence-electron chi connectivity index (χ4n) is 3.72. The molecule has 0 radical (unpaired) electrons. The fourth-order valence-corrected chi connectivity index (χ4v) is 4.42. The lowest BCUT2D eigenvalue weighted by molar-refractivity contribution is 0.0408. The van der Waals surface area contributed by atoms with Crippen molar-refractivity contribution in [2.75, 3.05) is 19.6 Å². The van der Waals surface area contributed by atoms with Crippen LogP contribution in [0.4, 0.5) is 0 Å². The lowest BCUT2D eigenvalue weighted by atomic mass is 9.82. The Balaban J connectivity index is 2.04. The molecule has 0 amide bonds. The number of hydrogen-bond acceptors (Lipinski definition) is 3. The number of rotatable bonds is 8. The van der Waals surface area contributed by atoms with E-state index in [0.717, 1.165) is 6.54 Å². The minimum absolute atomic E-state index is 0.298. The molecule has 1 fully saturated rings. The van der Waals surface area contributed by atoms with Crippen molar-refractivity contribution < 1.29 is 0 Å². The van der Waals surface area contributed by atoms with E-state index in [1.807, 2.05) is 11.3 Å². The van der Waals surface area contributed by atoms with Gasteiger partial charge in [0.15, 0.2) is 0 Å². The molecule has 120 valence electrons. The number of hydrogen-bond donors (Lipinski definition) is 1. The zero-order valence-electron chi connectivity index (χ0n) is 14.0. The second kappa shape index (κ2) is 8.30. The van der Waals surface area contributed by atoms with Gasteiger partial charge in [0.2, 0.25) is 0 Å². The van der Waals surface area contributed by atoms with Crippen molar-refractivity contribution in [1.29, 1.82) is 0 Å². The quantitative estimate of drug-likeness (QED) is 0.769. The molecule has 2 rings (SSSR count). The molecular weight excluding hydrogens is 276 g/mol. The van der Waals surface area contributed by atoms with Crippen molar-refractivity contribution in [2.45, 2.75) is 70.9 Å². The highest BCUT2D eigenvalue weighted by atomic mass is 32.1. The van der Waals surface area contributed by atoms with Crippen LogP contribution in [0.2, 0.25) is 0 Å². The highest BCUT2D eigenvalue weighted by Crippen LogP contribution is 2.30. The van der Waals surface area contributed by atoms with E-state index in [0.29, 0.717) is 11.6 Å². The number of likely N-dealkylation sites (N-methyl/N-ethyl adjacent to an activating group) is 1. The summed E-state index contributed by atoms with van der Waals surface area (Å²) in [6.07, 6.45) is 7.83. The zero-order valence-corrected chi connectivity index (χ0v) is 14.8. The van der Waals surface area contributed by atoms with E-state index in [-0.39, 0.29) is 0 Å². The Morgan fingerprint density at radius 1 is 1.29 bits per heavy atom. The van der Waals surface area contributed by atoms with Crippen molar-refractivity contribution in [3.05, 3.63) is 22.4 Å². The van der Waals surface area contributed by atoms with Crippen LogP contribution in [0.5, 0.6) is 0 Å². The third kappa shape index (κ3) is 4.30. The van der Waals surface area contributed by atoms with Gasteiger partial charge in [0.05, 0.1) is 0 Å². The highest BCUT2D eigenvalue weighted by molar-refractivity contribution is 7.07. The first-order valence-electron chi connectivity index (χ1n) is 8.70. The van der Waals surface area contributed by atoms with Crippen molar-refractivity contribution >= 4 is 11.3 Å². The van der Waals surface area contributed by atoms with Gasteiger partial charge in [-0.15, -0.1) is 0 Å². The molecule has 2 unspecified atom stereocenters. The molecule has 0 aromatic carbocycles. The second-order valence-electron chi connectivity index (χ2n) is 6.54. The summed E-state index contributed by atoms with van der Waals surface area (Å²) in [5, 5.41) is 8.29. The van der Waals surface area contributed by atoms with Crippen LogP contribution < -0.4 is 5.32 Å². The summed E-state index contributed by atoms with van der Waals surface area (Å²) in [6.45, 7) is 10.7. The summed E-state index contributed by atoms with van der Waals surface area (Å²) < 4.78 is 0. The molecule has 1 N–H and O–H groups in total. The third-order valence-electron chi connectivity index (χ3n) is 5.30. The van der Waals surface area contributed by atoms with Gasteiger partial charge in [-0.05, 0) is 81.1 Å². The average molecular weight is 309 g/mol. The maximum Gasteiger partial charge on any atom is 0.0331 e. The predicted molar refractivity (Wildman–Crippen MR) is 94.2 cm³/mol. The Hall–Kier alpha value is -0.380. The van der Waals surface area contributed by atoms with Gasteiger partial charge in [-0.25, -0.2) is 0 Å². The van der Waals surface area contributed by atoms with Gasteiger partial charge in [0.25, 0.3) is 0 Å². The van der Waals surface area contributed by atoms with Gasteiger partial charge in [-0.3, -0.25) is 4.90 Å². The van der Waals surface area contributed by atoms with E-state index in [9.17, 15) is 0 Å².